The Morgan fingerprint density at radius 1 is 1.35 bits per heavy atom. The number of thioether (sulfide) groups is 1. The number of methoxy groups -OCH3 is 1. The van der Waals surface area contributed by atoms with Gasteiger partial charge in [0.15, 0.2) is 0 Å². The van der Waals surface area contributed by atoms with E-state index in [0.717, 1.165) is 38.5 Å². The summed E-state index contributed by atoms with van der Waals surface area (Å²) >= 11 is 1.94. The topological polar surface area (TPSA) is 55.8 Å². The summed E-state index contributed by atoms with van der Waals surface area (Å²) in [6.45, 7) is 2.18. The van der Waals surface area contributed by atoms with Crippen molar-refractivity contribution in [3.05, 3.63) is 24.3 Å². The molecule has 5 heteroatoms. The van der Waals surface area contributed by atoms with Crippen molar-refractivity contribution in [2.75, 3.05) is 7.11 Å². The van der Waals surface area contributed by atoms with Crippen molar-refractivity contribution < 1.29 is 19.4 Å². The third-order valence-electron chi connectivity index (χ3n) is 5.14. The fraction of sp³-hybridized carbons (Fsp3) is 0.762. The Kier molecular flexibility index (Phi) is 9.79. The van der Waals surface area contributed by atoms with Crippen molar-refractivity contribution in [2.24, 2.45) is 5.92 Å². The SMILES string of the molecule is CCCCC[C@H](O)/C=C/C1O[C@@H]2CC(S2)[C@@H]1C/C=C\CCCC(=O)OC. The first-order chi connectivity index (χ1) is 12.6. The molecule has 0 aromatic heterocycles. The fourth-order valence-electron chi connectivity index (χ4n) is 3.47. The number of ether oxygens (including phenoxy) is 2. The molecule has 2 unspecified atom stereocenters. The van der Waals surface area contributed by atoms with Gasteiger partial charge in [0.25, 0.3) is 0 Å². The van der Waals surface area contributed by atoms with Crippen LogP contribution < -0.4 is 0 Å². The van der Waals surface area contributed by atoms with Crippen LogP contribution in [0.2, 0.25) is 0 Å². The highest BCUT2D eigenvalue weighted by molar-refractivity contribution is 8.01. The standard InChI is InChI=1S/C21H34O4S/c1-3-4-7-10-16(22)13-14-18-17(19-15-21(25-18)26-19)11-8-5-6-9-12-20(23)24-2/h5,8,13-14,16-19,21-22H,3-4,6-7,9-12,15H2,1-2H3/b8-5-,14-13+/t16-,17+,18?,19?,21-/m0/s1. The lowest BCUT2D eigenvalue weighted by Gasteiger charge is -2.49. The minimum Gasteiger partial charge on any atom is -0.469 e. The third-order valence-corrected chi connectivity index (χ3v) is 6.64. The van der Waals surface area contributed by atoms with Crippen molar-refractivity contribution in [3.63, 3.8) is 0 Å². The summed E-state index contributed by atoms with van der Waals surface area (Å²) in [6.07, 6.45) is 16.8. The van der Waals surface area contributed by atoms with Crippen LogP contribution >= 0.6 is 11.8 Å². The van der Waals surface area contributed by atoms with Crippen LogP contribution in [0.5, 0.6) is 0 Å². The molecule has 3 heterocycles. The zero-order chi connectivity index (χ0) is 18.8. The first kappa shape index (κ1) is 21.5. The molecular weight excluding hydrogens is 348 g/mol. The first-order valence-corrected chi connectivity index (χ1v) is 11.0. The minimum atomic E-state index is -0.356. The lowest BCUT2D eigenvalue weighted by Crippen LogP contribution is -2.49. The molecule has 3 aliphatic heterocycles. The van der Waals surface area contributed by atoms with Gasteiger partial charge in [-0.15, -0.1) is 11.8 Å². The third kappa shape index (κ3) is 7.09. The van der Waals surface area contributed by atoms with Gasteiger partial charge < -0.3 is 14.6 Å². The maximum atomic E-state index is 11.1. The lowest BCUT2D eigenvalue weighted by molar-refractivity contribution is -0.140. The number of unbranched alkanes of at least 4 members (excludes halogenated alkanes) is 3. The van der Waals surface area contributed by atoms with Crippen LogP contribution in [0, 0.1) is 5.92 Å². The molecule has 0 aliphatic carbocycles. The number of hydrogen-bond acceptors (Lipinski definition) is 5. The van der Waals surface area contributed by atoms with Crippen molar-refractivity contribution >= 4 is 17.7 Å². The van der Waals surface area contributed by atoms with Gasteiger partial charge in [-0.25, -0.2) is 0 Å². The first-order valence-electron chi connectivity index (χ1n) is 10.0. The van der Waals surface area contributed by atoms with Gasteiger partial charge in [0, 0.05) is 17.6 Å². The number of carbonyl (C=O) groups excluding carboxylic acids is 1. The molecular formula is C21H34O4S. The van der Waals surface area contributed by atoms with Crippen molar-refractivity contribution in [1.29, 1.82) is 0 Å². The van der Waals surface area contributed by atoms with E-state index >= 15 is 0 Å². The molecule has 0 saturated carbocycles. The molecule has 1 N–H and O–H groups in total. The van der Waals surface area contributed by atoms with Gasteiger partial charge in [0.2, 0.25) is 0 Å². The van der Waals surface area contributed by atoms with E-state index in [4.69, 9.17) is 4.74 Å². The zero-order valence-corrected chi connectivity index (χ0v) is 17.0. The molecule has 3 aliphatic rings. The Morgan fingerprint density at radius 3 is 2.88 bits per heavy atom. The van der Waals surface area contributed by atoms with Crippen LogP contribution in [-0.2, 0) is 14.3 Å². The van der Waals surface area contributed by atoms with Crippen LogP contribution in [0.15, 0.2) is 24.3 Å². The van der Waals surface area contributed by atoms with Gasteiger partial charge in [-0.3, -0.25) is 4.79 Å². The lowest BCUT2D eigenvalue weighted by atomic mass is 9.88. The molecule has 0 aromatic carbocycles. The second-order valence-corrected chi connectivity index (χ2v) is 8.63. The van der Waals surface area contributed by atoms with Gasteiger partial charge in [0.1, 0.15) is 5.44 Å². The largest absolute Gasteiger partial charge is 0.469 e. The van der Waals surface area contributed by atoms with Crippen molar-refractivity contribution in [3.8, 4) is 0 Å². The number of esters is 1. The zero-order valence-electron chi connectivity index (χ0n) is 16.1. The van der Waals surface area contributed by atoms with Gasteiger partial charge in [-0.2, -0.15) is 0 Å². The molecule has 148 valence electrons. The van der Waals surface area contributed by atoms with Gasteiger partial charge in [0.05, 0.1) is 19.3 Å². The quantitative estimate of drug-likeness (QED) is 0.303. The number of hydrogen-bond donors (Lipinski definition) is 1. The second-order valence-electron chi connectivity index (χ2n) is 7.23. The molecule has 0 spiro atoms. The van der Waals surface area contributed by atoms with E-state index in [-0.39, 0.29) is 18.2 Å². The van der Waals surface area contributed by atoms with Crippen molar-refractivity contribution in [1.82, 2.24) is 0 Å². The molecule has 5 atom stereocenters. The highest BCUT2D eigenvalue weighted by Crippen LogP contribution is 2.50. The smallest absolute Gasteiger partial charge is 0.305 e. The molecule has 3 fully saturated rings. The number of fused-ring (bicyclic) bond motifs is 2. The Bertz CT molecular complexity index is 471. The molecule has 2 bridgehead atoms. The Hall–Kier alpha value is -0.780. The van der Waals surface area contributed by atoms with Crippen LogP contribution in [0.3, 0.4) is 0 Å². The summed E-state index contributed by atoms with van der Waals surface area (Å²) in [7, 11) is 1.43. The average molecular weight is 383 g/mol. The Balaban J connectivity index is 1.74. The summed E-state index contributed by atoms with van der Waals surface area (Å²) in [5, 5.41) is 10.8. The molecule has 0 aromatic rings. The maximum absolute atomic E-state index is 11.1. The molecule has 3 saturated heterocycles. The fourth-order valence-corrected chi connectivity index (χ4v) is 4.77. The maximum Gasteiger partial charge on any atom is 0.305 e. The van der Waals surface area contributed by atoms with E-state index in [0.29, 0.717) is 23.0 Å². The number of carbonyl (C=O) groups is 1. The summed E-state index contributed by atoms with van der Waals surface area (Å²) in [5.74, 6) is 0.333. The van der Waals surface area contributed by atoms with E-state index in [2.05, 4.69) is 29.9 Å². The predicted octanol–water partition coefficient (Wildman–Crippen LogP) is 4.62. The molecule has 4 nitrogen and oxygen atoms in total. The second kappa shape index (κ2) is 11.8. The highest BCUT2D eigenvalue weighted by Gasteiger charge is 2.46. The van der Waals surface area contributed by atoms with E-state index in [1.54, 1.807) is 0 Å². The van der Waals surface area contributed by atoms with E-state index in [1.165, 1.54) is 20.0 Å². The van der Waals surface area contributed by atoms with Crippen LogP contribution in [0.25, 0.3) is 0 Å². The van der Waals surface area contributed by atoms with E-state index in [1.807, 2.05) is 17.8 Å². The average Bonchev–Trinajstić information content (AvgIpc) is 2.62. The molecule has 0 amide bonds. The van der Waals surface area contributed by atoms with Crippen LogP contribution in [-0.4, -0.2) is 41.1 Å². The van der Waals surface area contributed by atoms with Crippen molar-refractivity contribution in [2.45, 2.75) is 87.6 Å². The number of allylic oxidation sites excluding steroid dienone is 2. The summed E-state index contributed by atoms with van der Waals surface area (Å²) in [4.78, 5) is 11.1. The van der Waals surface area contributed by atoms with Crippen LogP contribution in [0.1, 0.15) is 64.7 Å². The summed E-state index contributed by atoms with van der Waals surface area (Å²) < 4.78 is 10.8. The summed E-state index contributed by atoms with van der Waals surface area (Å²) in [6, 6.07) is 0. The van der Waals surface area contributed by atoms with E-state index < -0.39 is 0 Å². The number of aliphatic hydroxyl groups excluding tert-OH is 1. The Morgan fingerprint density at radius 2 is 2.15 bits per heavy atom. The molecule has 26 heavy (non-hydrogen) atoms. The molecule has 3 rings (SSSR count). The van der Waals surface area contributed by atoms with Gasteiger partial charge >= 0.3 is 5.97 Å². The van der Waals surface area contributed by atoms with Gasteiger partial charge in [-0.05, 0) is 32.1 Å². The normalized spacial score (nSPS) is 29.0. The molecule has 0 radical (unpaired) electrons. The predicted molar refractivity (Wildman–Crippen MR) is 107 cm³/mol. The van der Waals surface area contributed by atoms with Gasteiger partial charge in [-0.1, -0.05) is 50.5 Å². The Labute approximate surface area is 162 Å². The van der Waals surface area contributed by atoms with Crippen LogP contribution in [0.4, 0.5) is 0 Å². The van der Waals surface area contributed by atoms with E-state index in [9.17, 15) is 9.90 Å². The number of rotatable bonds is 12. The monoisotopic (exact) mass is 382 g/mol. The highest BCUT2D eigenvalue weighted by atomic mass is 32.2. The minimum absolute atomic E-state index is 0.112. The summed E-state index contributed by atoms with van der Waals surface area (Å²) in [5.41, 5.74) is 0.340. The number of aliphatic hydroxyl groups is 1.